The molecular weight excluding hydrogens is 354 g/mol. The summed E-state index contributed by atoms with van der Waals surface area (Å²) in [6, 6.07) is 11.9. The maximum absolute atomic E-state index is 13.0. The molecule has 28 heavy (non-hydrogen) atoms. The van der Waals surface area contributed by atoms with E-state index >= 15 is 0 Å². The van der Waals surface area contributed by atoms with Crippen molar-refractivity contribution in [3.63, 3.8) is 0 Å². The van der Waals surface area contributed by atoms with Crippen LogP contribution in [0, 0.1) is 0 Å². The number of aromatic carboxylic acids is 1. The zero-order valence-electron chi connectivity index (χ0n) is 16.8. The van der Waals surface area contributed by atoms with Crippen LogP contribution >= 0.6 is 0 Å². The molecule has 150 valence electrons. The van der Waals surface area contributed by atoms with E-state index in [1.807, 2.05) is 18.2 Å². The molecule has 0 aliphatic carbocycles. The number of carboxylic acids is 1. The van der Waals surface area contributed by atoms with Crippen molar-refractivity contribution in [2.75, 3.05) is 30.8 Å². The Morgan fingerprint density at radius 2 is 1.68 bits per heavy atom. The monoisotopic (exact) mass is 383 g/mol. The number of hydrogen-bond donors (Lipinski definition) is 2. The molecule has 0 spiro atoms. The number of anilines is 2. The largest absolute Gasteiger partial charge is 0.478 e. The van der Waals surface area contributed by atoms with Gasteiger partial charge in [-0.15, -0.1) is 0 Å². The molecule has 3 N–H and O–H groups in total. The Morgan fingerprint density at radius 1 is 1.00 bits per heavy atom. The molecule has 0 bridgehead atoms. The van der Waals surface area contributed by atoms with Crippen molar-refractivity contribution in [1.82, 2.24) is 4.90 Å². The fraction of sp³-hybridized carbons (Fsp3) is 0.364. The quantitative estimate of drug-likeness (QED) is 0.642. The minimum atomic E-state index is -1.06. The molecule has 0 atom stereocenters. The lowest BCUT2D eigenvalue weighted by Crippen LogP contribution is -2.28. The Kier molecular flexibility index (Phi) is 7.58. The Balaban J connectivity index is 2.24. The molecule has 0 unspecified atom stereocenters. The minimum Gasteiger partial charge on any atom is -0.478 e. The normalized spacial score (nSPS) is 10.9. The first-order valence-electron chi connectivity index (χ1n) is 9.59. The summed E-state index contributed by atoms with van der Waals surface area (Å²) < 4.78 is 0. The van der Waals surface area contributed by atoms with Crippen LogP contribution < -0.4 is 10.6 Å². The van der Waals surface area contributed by atoms with Crippen LogP contribution in [0.15, 0.2) is 42.5 Å². The van der Waals surface area contributed by atoms with Gasteiger partial charge in [-0.3, -0.25) is 9.69 Å². The third-order valence-corrected chi connectivity index (χ3v) is 4.60. The van der Waals surface area contributed by atoms with Gasteiger partial charge in [-0.2, -0.15) is 0 Å². The Bertz CT molecular complexity index is 830. The maximum atomic E-state index is 13.0. The Labute approximate surface area is 166 Å². The van der Waals surface area contributed by atoms with Crippen LogP contribution in [-0.2, 0) is 6.54 Å². The molecular formula is C22H29N3O3. The van der Waals surface area contributed by atoms with Crippen LogP contribution in [0.5, 0.6) is 0 Å². The number of nitrogens with zero attached hydrogens (tertiary/aromatic N) is 2. The van der Waals surface area contributed by atoms with E-state index in [2.05, 4.69) is 18.7 Å². The highest BCUT2D eigenvalue weighted by molar-refractivity contribution is 6.08. The van der Waals surface area contributed by atoms with E-state index in [-0.39, 0.29) is 11.5 Å². The summed E-state index contributed by atoms with van der Waals surface area (Å²) in [7, 11) is 1.60. The van der Waals surface area contributed by atoms with Gasteiger partial charge >= 0.3 is 5.97 Å². The fourth-order valence-corrected chi connectivity index (χ4v) is 3.23. The molecule has 2 aromatic carbocycles. The van der Waals surface area contributed by atoms with Crippen molar-refractivity contribution >= 4 is 23.3 Å². The van der Waals surface area contributed by atoms with Crippen molar-refractivity contribution in [2.24, 2.45) is 0 Å². The zero-order valence-corrected chi connectivity index (χ0v) is 16.8. The SMILES string of the molecule is CCCN(CCC)Cc1cccc(C(=O)N(C)c2cc(C(=O)O)ccc2N)c1. The van der Waals surface area contributed by atoms with Gasteiger partial charge in [-0.05, 0) is 61.8 Å². The average molecular weight is 383 g/mol. The molecule has 0 fully saturated rings. The zero-order chi connectivity index (χ0) is 20.7. The van der Waals surface area contributed by atoms with Crippen molar-refractivity contribution in [3.05, 3.63) is 59.2 Å². The van der Waals surface area contributed by atoms with E-state index in [4.69, 9.17) is 5.73 Å². The van der Waals surface area contributed by atoms with Crippen molar-refractivity contribution < 1.29 is 14.7 Å². The standard InChI is InChI=1S/C22H29N3O3/c1-4-11-25(12-5-2)15-16-7-6-8-17(13-16)21(26)24(3)20-14-18(22(27)28)9-10-19(20)23/h6-10,13-14H,4-5,11-12,15,23H2,1-3H3,(H,27,28). The van der Waals surface area contributed by atoms with Crippen LogP contribution in [0.25, 0.3) is 0 Å². The second-order valence-corrected chi connectivity index (χ2v) is 6.92. The van der Waals surface area contributed by atoms with Crippen molar-refractivity contribution in [3.8, 4) is 0 Å². The molecule has 2 rings (SSSR count). The molecule has 6 heteroatoms. The summed E-state index contributed by atoms with van der Waals surface area (Å²) in [5.41, 5.74) is 8.43. The number of benzene rings is 2. The van der Waals surface area contributed by atoms with Gasteiger partial charge < -0.3 is 15.7 Å². The predicted molar refractivity (Wildman–Crippen MR) is 113 cm³/mol. The van der Waals surface area contributed by atoms with E-state index < -0.39 is 5.97 Å². The summed E-state index contributed by atoms with van der Waals surface area (Å²) in [5.74, 6) is -1.29. The molecule has 6 nitrogen and oxygen atoms in total. The van der Waals surface area contributed by atoms with E-state index in [0.29, 0.717) is 16.9 Å². The molecule has 0 aliphatic rings. The number of amides is 1. The van der Waals surface area contributed by atoms with Gasteiger partial charge in [-0.1, -0.05) is 26.0 Å². The number of nitrogens with two attached hydrogens (primary N) is 1. The summed E-state index contributed by atoms with van der Waals surface area (Å²) >= 11 is 0. The van der Waals surface area contributed by atoms with Crippen LogP contribution in [0.1, 0.15) is 53.0 Å². The highest BCUT2D eigenvalue weighted by Gasteiger charge is 2.18. The first kappa shape index (κ1) is 21.4. The maximum Gasteiger partial charge on any atom is 0.335 e. The summed E-state index contributed by atoms with van der Waals surface area (Å²) in [6.07, 6.45) is 2.17. The van der Waals surface area contributed by atoms with E-state index in [1.54, 1.807) is 13.1 Å². The van der Waals surface area contributed by atoms with E-state index in [0.717, 1.165) is 38.0 Å². The molecule has 0 saturated carbocycles. The highest BCUT2D eigenvalue weighted by atomic mass is 16.4. The van der Waals surface area contributed by atoms with E-state index in [9.17, 15) is 14.7 Å². The predicted octanol–water partition coefficient (Wildman–Crippen LogP) is 3.87. The number of carboxylic acid groups (broad SMARTS) is 1. The third kappa shape index (κ3) is 5.33. The lowest BCUT2D eigenvalue weighted by molar-refractivity contribution is 0.0696. The number of hydrogen-bond acceptors (Lipinski definition) is 4. The average Bonchev–Trinajstić information content (AvgIpc) is 2.67. The third-order valence-electron chi connectivity index (χ3n) is 4.60. The van der Waals surface area contributed by atoms with Crippen LogP contribution in [0.4, 0.5) is 11.4 Å². The lowest BCUT2D eigenvalue weighted by atomic mass is 10.1. The number of carbonyl (C=O) groups excluding carboxylic acids is 1. The first-order chi connectivity index (χ1) is 13.4. The summed E-state index contributed by atoms with van der Waals surface area (Å²) in [5, 5.41) is 9.20. The smallest absolute Gasteiger partial charge is 0.335 e. The molecule has 0 radical (unpaired) electrons. The molecule has 0 aliphatic heterocycles. The number of rotatable bonds is 9. The van der Waals surface area contributed by atoms with Crippen molar-refractivity contribution in [1.29, 1.82) is 0 Å². The molecule has 0 saturated heterocycles. The van der Waals surface area contributed by atoms with Crippen LogP contribution in [-0.4, -0.2) is 42.0 Å². The molecule has 2 aromatic rings. The van der Waals surface area contributed by atoms with Gasteiger partial charge in [0.1, 0.15) is 0 Å². The highest BCUT2D eigenvalue weighted by Crippen LogP contribution is 2.25. The number of carbonyl (C=O) groups is 2. The topological polar surface area (TPSA) is 86.9 Å². The number of nitrogen functional groups attached to an aromatic ring is 1. The van der Waals surface area contributed by atoms with Gasteiger partial charge in [-0.25, -0.2) is 4.79 Å². The second kappa shape index (κ2) is 9.90. The summed E-state index contributed by atoms with van der Waals surface area (Å²) in [4.78, 5) is 28.0. The van der Waals surface area contributed by atoms with Crippen LogP contribution in [0.2, 0.25) is 0 Å². The van der Waals surface area contributed by atoms with Gasteiger partial charge in [0.15, 0.2) is 0 Å². The first-order valence-corrected chi connectivity index (χ1v) is 9.59. The van der Waals surface area contributed by atoms with E-state index in [1.165, 1.54) is 23.1 Å². The van der Waals surface area contributed by atoms with Crippen molar-refractivity contribution in [2.45, 2.75) is 33.2 Å². The molecule has 0 aromatic heterocycles. The van der Waals surface area contributed by atoms with Gasteiger partial charge in [0.2, 0.25) is 0 Å². The second-order valence-electron chi connectivity index (χ2n) is 6.92. The van der Waals surface area contributed by atoms with Gasteiger partial charge in [0.25, 0.3) is 5.91 Å². The Morgan fingerprint density at radius 3 is 2.29 bits per heavy atom. The fourth-order valence-electron chi connectivity index (χ4n) is 3.23. The van der Waals surface area contributed by atoms with Crippen LogP contribution in [0.3, 0.4) is 0 Å². The molecule has 0 heterocycles. The lowest BCUT2D eigenvalue weighted by Gasteiger charge is -2.22. The molecule has 1 amide bonds. The summed E-state index contributed by atoms with van der Waals surface area (Å²) in [6.45, 7) is 7.15. The van der Waals surface area contributed by atoms with Gasteiger partial charge in [0, 0.05) is 19.2 Å². The Hall–Kier alpha value is -2.86. The van der Waals surface area contributed by atoms with Gasteiger partial charge in [0.05, 0.1) is 16.9 Å². The minimum absolute atomic E-state index is 0.0902.